The molecule has 2 aliphatic rings. The molecule has 2 aromatic carbocycles. The van der Waals surface area contributed by atoms with Gasteiger partial charge in [0, 0.05) is 26.1 Å². The van der Waals surface area contributed by atoms with Crippen LogP contribution in [0, 0.1) is 6.92 Å². The summed E-state index contributed by atoms with van der Waals surface area (Å²) in [6, 6.07) is 13.5. The van der Waals surface area contributed by atoms with Crippen LogP contribution in [0.1, 0.15) is 50.2 Å². The molecule has 0 fully saturated rings. The van der Waals surface area contributed by atoms with Crippen molar-refractivity contribution in [2.45, 2.75) is 32.7 Å². The fourth-order valence-corrected chi connectivity index (χ4v) is 3.86. The van der Waals surface area contributed by atoms with Crippen LogP contribution in [0.3, 0.4) is 0 Å². The Bertz CT molecular complexity index is 935. The van der Waals surface area contributed by atoms with Crippen LogP contribution < -0.4 is 0 Å². The first-order chi connectivity index (χ1) is 13.0. The number of rotatable bonds is 4. The van der Waals surface area contributed by atoms with Crippen LogP contribution in [0.25, 0.3) is 0 Å². The van der Waals surface area contributed by atoms with Crippen molar-refractivity contribution >= 4 is 17.7 Å². The summed E-state index contributed by atoms with van der Waals surface area (Å²) in [7, 11) is 0. The lowest BCUT2D eigenvalue weighted by atomic mass is 9.99. The van der Waals surface area contributed by atoms with E-state index < -0.39 is 0 Å². The van der Waals surface area contributed by atoms with Gasteiger partial charge in [-0.3, -0.25) is 19.3 Å². The van der Waals surface area contributed by atoms with E-state index in [9.17, 15) is 14.4 Å². The number of benzene rings is 2. The molecule has 0 bridgehead atoms. The van der Waals surface area contributed by atoms with Crippen LogP contribution in [-0.4, -0.2) is 40.6 Å². The standard InChI is InChI=1S/C22H22N2O3/c1-15-8-9-18-19(13-15)22(27)24(21(18)26)11-4-7-20(25)23-12-10-16-5-2-3-6-17(16)14-23/h2-3,5-6,8-9,13H,4,7,10-12,14H2,1H3. The lowest BCUT2D eigenvalue weighted by Crippen LogP contribution is -2.37. The Balaban J connectivity index is 1.34. The van der Waals surface area contributed by atoms with Crippen molar-refractivity contribution < 1.29 is 14.4 Å². The maximum absolute atomic E-state index is 12.5. The fraction of sp³-hybridized carbons (Fsp3) is 0.318. The number of amides is 3. The summed E-state index contributed by atoms with van der Waals surface area (Å²) in [4.78, 5) is 40.6. The molecule has 0 saturated heterocycles. The number of carbonyl (C=O) groups is 3. The lowest BCUT2D eigenvalue weighted by molar-refractivity contribution is -0.132. The van der Waals surface area contributed by atoms with E-state index in [0.717, 1.165) is 18.5 Å². The zero-order valence-electron chi connectivity index (χ0n) is 15.4. The number of hydrogen-bond acceptors (Lipinski definition) is 3. The molecular weight excluding hydrogens is 340 g/mol. The minimum atomic E-state index is -0.255. The second-order valence-corrected chi connectivity index (χ2v) is 7.25. The SMILES string of the molecule is Cc1ccc2c(c1)C(=O)N(CCCC(=O)N1CCc3ccccc3C1)C2=O. The average molecular weight is 362 g/mol. The van der Waals surface area contributed by atoms with Gasteiger partial charge in [0.25, 0.3) is 11.8 Å². The van der Waals surface area contributed by atoms with E-state index >= 15 is 0 Å². The lowest BCUT2D eigenvalue weighted by Gasteiger charge is -2.29. The van der Waals surface area contributed by atoms with E-state index in [-0.39, 0.29) is 24.3 Å². The molecular formula is C22H22N2O3. The van der Waals surface area contributed by atoms with Crippen LogP contribution in [-0.2, 0) is 17.8 Å². The van der Waals surface area contributed by atoms with E-state index in [0.29, 0.717) is 30.5 Å². The largest absolute Gasteiger partial charge is 0.338 e. The molecule has 2 heterocycles. The molecule has 0 aliphatic carbocycles. The van der Waals surface area contributed by atoms with Crippen LogP contribution in [0.4, 0.5) is 0 Å². The third kappa shape index (κ3) is 3.25. The smallest absolute Gasteiger partial charge is 0.261 e. The summed E-state index contributed by atoms with van der Waals surface area (Å²) < 4.78 is 0. The summed E-state index contributed by atoms with van der Waals surface area (Å²) in [5, 5.41) is 0. The van der Waals surface area contributed by atoms with Gasteiger partial charge in [0.1, 0.15) is 0 Å². The predicted molar refractivity (Wildman–Crippen MR) is 101 cm³/mol. The molecule has 0 spiro atoms. The highest BCUT2D eigenvalue weighted by Crippen LogP contribution is 2.24. The molecule has 4 rings (SSSR count). The molecule has 5 nitrogen and oxygen atoms in total. The topological polar surface area (TPSA) is 57.7 Å². The summed E-state index contributed by atoms with van der Waals surface area (Å²) in [5.41, 5.74) is 4.40. The van der Waals surface area contributed by atoms with Gasteiger partial charge in [-0.2, -0.15) is 0 Å². The number of nitrogens with zero attached hydrogens (tertiary/aromatic N) is 2. The van der Waals surface area contributed by atoms with Crippen molar-refractivity contribution in [1.82, 2.24) is 9.80 Å². The Hall–Kier alpha value is -2.95. The highest BCUT2D eigenvalue weighted by molar-refractivity contribution is 6.21. The molecule has 0 radical (unpaired) electrons. The molecule has 0 saturated carbocycles. The van der Waals surface area contributed by atoms with Crippen molar-refractivity contribution in [3.8, 4) is 0 Å². The van der Waals surface area contributed by atoms with Gasteiger partial charge >= 0.3 is 0 Å². The van der Waals surface area contributed by atoms with Gasteiger partial charge in [0.05, 0.1) is 11.1 Å². The van der Waals surface area contributed by atoms with Crippen LogP contribution in [0.15, 0.2) is 42.5 Å². The molecule has 3 amide bonds. The first-order valence-electron chi connectivity index (χ1n) is 9.36. The van der Waals surface area contributed by atoms with Gasteiger partial charge in [0.2, 0.25) is 5.91 Å². The van der Waals surface area contributed by atoms with E-state index in [1.54, 1.807) is 12.1 Å². The normalized spacial score (nSPS) is 15.7. The molecule has 5 heteroatoms. The van der Waals surface area contributed by atoms with E-state index in [1.807, 2.05) is 30.0 Å². The zero-order chi connectivity index (χ0) is 19.0. The number of hydrogen-bond donors (Lipinski definition) is 0. The van der Waals surface area contributed by atoms with E-state index in [1.165, 1.54) is 16.0 Å². The number of aryl methyl sites for hydroxylation is 1. The fourth-order valence-electron chi connectivity index (χ4n) is 3.86. The number of carbonyl (C=O) groups excluding carboxylic acids is 3. The minimum Gasteiger partial charge on any atom is -0.338 e. The molecule has 0 aromatic heterocycles. The van der Waals surface area contributed by atoms with Crippen LogP contribution in [0.5, 0.6) is 0 Å². The second-order valence-electron chi connectivity index (χ2n) is 7.25. The van der Waals surface area contributed by atoms with Crippen molar-refractivity contribution in [3.05, 3.63) is 70.3 Å². The Labute approximate surface area is 158 Å². The van der Waals surface area contributed by atoms with Crippen molar-refractivity contribution in [2.75, 3.05) is 13.1 Å². The van der Waals surface area contributed by atoms with Crippen molar-refractivity contribution in [2.24, 2.45) is 0 Å². The summed E-state index contributed by atoms with van der Waals surface area (Å²) in [5.74, 6) is -0.427. The molecule has 0 atom stereocenters. The first kappa shape index (κ1) is 17.5. The van der Waals surface area contributed by atoms with Crippen LogP contribution in [0.2, 0.25) is 0 Å². The molecule has 138 valence electrons. The Morgan fingerprint density at radius 1 is 1.00 bits per heavy atom. The molecule has 0 unspecified atom stereocenters. The molecule has 27 heavy (non-hydrogen) atoms. The highest BCUT2D eigenvalue weighted by atomic mass is 16.2. The summed E-state index contributed by atoms with van der Waals surface area (Å²) in [6.45, 7) is 3.54. The van der Waals surface area contributed by atoms with Gasteiger partial charge in [-0.25, -0.2) is 0 Å². The van der Waals surface area contributed by atoms with E-state index in [4.69, 9.17) is 0 Å². The zero-order valence-corrected chi connectivity index (χ0v) is 15.4. The average Bonchev–Trinajstić information content (AvgIpc) is 2.91. The maximum atomic E-state index is 12.5. The second kappa shape index (κ2) is 6.99. The Morgan fingerprint density at radius 3 is 2.56 bits per heavy atom. The molecule has 0 N–H and O–H groups in total. The van der Waals surface area contributed by atoms with Gasteiger partial charge in [0.15, 0.2) is 0 Å². The Morgan fingerprint density at radius 2 is 1.74 bits per heavy atom. The number of imide groups is 1. The monoisotopic (exact) mass is 362 g/mol. The predicted octanol–water partition coefficient (Wildman–Crippen LogP) is 2.96. The van der Waals surface area contributed by atoms with Crippen LogP contribution >= 0.6 is 0 Å². The quantitative estimate of drug-likeness (QED) is 0.786. The molecule has 2 aliphatic heterocycles. The number of fused-ring (bicyclic) bond motifs is 2. The Kier molecular flexibility index (Phi) is 4.52. The third-order valence-corrected chi connectivity index (χ3v) is 5.38. The highest BCUT2D eigenvalue weighted by Gasteiger charge is 2.35. The first-order valence-corrected chi connectivity index (χ1v) is 9.36. The third-order valence-electron chi connectivity index (χ3n) is 5.38. The maximum Gasteiger partial charge on any atom is 0.261 e. The molecule has 2 aromatic rings. The van der Waals surface area contributed by atoms with E-state index in [2.05, 4.69) is 12.1 Å². The van der Waals surface area contributed by atoms with Gasteiger partial charge in [-0.05, 0) is 43.0 Å². The van der Waals surface area contributed by atoms with Gasteiger partial charge in [-0.15, -0.1) is 0 Å². The van der Waals surface area contributed by atoms with Gasteiger partial charge < -0.3 is 4.90 Å². The summed E-state index contributed by atoms with van der Waals surface area (Å²) in [6.07, 6.45) is 1.70. The van der Waals surface area contributed by atoms with Gasteiger partial charge in [-0.1, -0.05) is 35.9 Å². The van der Waals surface area contributed by atoms with Crippen molar-refractivity contribution in [1.29, 1.82) is 0 Å². The summed E-state index contributed by atoms with van der Waals surface area (Å²) >= 11 is 0. The minimum absolute atomic E-state index is 0.0805. The van der Waals surface area contributed by atoms with Crippen molar-refractivity contribution in [3.63, 3.8) is 0 Å².